The van der Waals surface area contributed by atoms with Gasteiger partial charge in [0, 0.05) is 19.2 Å². The molecule has 0 spiro atoms. The van der Waals surface area contributed by atoms with Gasteiger partial charge in [-0.3, -0.25) is 9.59 Å². The van der Waals surface area contributed by atoms with Crippen molar-refractivity contribution in [3.8, 4) is 0 Å². The lowest BCUT2D eigenvalue weighted by atomic mass is 9.66. The van der Waals surface area contributed by atoms with Crippen LogP contribution in [0.25, 0.3) is 0 Å². The molecular formula is C15H19NO5S. The van der Waals surface area contributed by atoms with E-state index in [9.17, 15) is 23.1 Å². The van der Waals surface area contributed by atoms with Crippen LogP contribution >= 0.6 is 0 Å². The molecular weight excluding hydrogens is 306 g/mol. The quantitative estimate of drug-likeness (QED) is 0.822. The zero-order valence-electron chi connectivity index (χ0n) is 12.3. The van der Waals surface area contributed by atoms with Crippen molar-refractivity contribution >= 4 is 21.7 Å². The van der Waals surface area contributed by atoms with E-state index in [0.29, 0.717) is 12.8 Å². The number of aliphatic carboxylic acids is 1. The number of carboxylic acids is 1. The number of hydrogen-bond acceptors (Lipinski definition) is 4. The summed E-state index contributed by atoms with van der Waals surface area (Å²) in [6.45, 7) is 0.249. The van der Waals surface area contributed by atoms with Gasteiger partial charge in [0.15, 0.2) is 9.84 Å². The van der Waals surface area contributed by atoms with E-state index in [1.54, 1.807) is 12.1 Å². The maximum atomic E-state index is 11.9. The zero-order valence-corrected chi connectivity index (χ0v) is 13.1. The second kappa shape index (κ2) is 6.08. The lowest BCUT2D eigenvalue weighted by Crippen LogP contribution is -2.42. The third-order valence-corrected chi connectivity index (χ3v) is 5.23. The van der Waals surface area contributed by atoms with Gasteiger partial charge in [-0.2, -0.15) is 0 Å². The Morgan fingerprint density at radius 1 is 1.23 bits per heavy atom. The molecule has 22 heavy (non-hydrogen) atoms. The summed E-state index contributed by atoms with van der Waals surface area (Å²) < 4.78 is 22.7. The van der Waals surface area contributed by atoms with Gasteiger partial charge in [-0.1, -0.05) is 18.6 Å². The van der Waals surface area contributed by atoms with Gasteiger partial charge in [0.1, 0.15) is 0 Å². The minimum absolute atomic E-state index is 0.0102. The van der Waals surface area contributed by atoms with Crippen LogP contribution < -0.4 is 5.32 Å². The average Bonchev–Trinajstić information content (AvgIpc) is 2.39. The molecule has 1 fully saturated rings. The van der Waals surface area contributed by atoms with Crippen LogP contribution in [0.2, 0.25) is 0 Å². The predicted molar refractivity (Wildman–Crippen MR) is 79.9 cm³/mol. The minimum atomic E-state index is -3.23. The van der Waals surface area contributed by atoms with E-state index in [-0.39, 0.29) is 23.8 Å². The van der Waals surface area contributed by atoms with Gasteiger partial charge in [0.05, 0.1) is 10.3 Å². The van der Waals surface area contributed by atoms with Crippen molar-refractivity contribution in [2.45, 2.75) is 37.1 Å². The van der Waals surface area contributed by atoms with E-state index in [1.807, 2.05) is 0 Å². The molecule has 1 aliphatic carbocycles. The van der Waals surface area contributed by atoms with E-state index < -0.39 is 21.2 Å². The monoisotopic (exact) mass is 325 g/mol. The van der Waals surface area contributed by atoms with Gasteiger partial charge >= 0.3 is 5.97 Å². The molecule has 0 saturated heterocycles. The molecule has 0 atom stereocenters. The number of carbonyl (C=O) groups excluding carboxylic acids is 1. The number of sulfone groups is 1. The number of benzene rings is 1. The molecule has 1 saturated carbocycles. The first kappa shape index (κ1) is 16.5. The van der Waals surface area contributed by atoms with Gasteiger partial charge in [0.25, 0.3) is 0 Å². The lowest BCUT2D eigenvalue weighted by molar-refractivity contribution is -0.157. The summed E-state index contributed by atoms with van der Waals surface area (Å²) in [6, 6.07) is 6.24. The smallest absolute Gasteiger partial charge is 0.310 e. The van der Waals surface area contributed by atoms with Crippen molar-refractivity contribution in [2.75, 3.05) is 6.26 Å². The molecule has 1 aromatic rings. The van der Waals surface area contributed by atoms with Gasteiger partial charge in [-0.15, -0.1) is 0 Å². The summed E-state index contributed by atoms with van der Waals surface area (Å²) in [5.41, 5.74) is -0.136. The molecule has 7 heteroatoms. The Kier molecular flexibility index (Phi) is 4.55. The molecule has 1 aromatic carbocycles. The number of carbonyl (C=O) groups is 2. The number of hydrogen-bond donors (Lipinski definition) is 2. The van der Waals surface area contributed by atoms with Crippen molar-refractivity contribution in [1.82, 2.24) is 5.32 Å². The molecule has 2 N–H and O–H groups in total. The summed E-state index contributed by atoms with van der Waals surface area (Å²) >= 11 is 0. The minimum Gasteiger partial charge on any atom is -0.481 e. The van der Waals surface area contributed by atoms with Crippen molar-refractivity contribution in [3.05, 3.63) is 29.8 Å². The normalized spacial score (nSPS) is 16.6. The fraction of sp³-hybridized carbons (Fsp3) is 0.467. The van der Waals surface area contributed by atoms with Crippen LogP contribution in [-0.4, -0.2) is 31.7 Å². The summed E-state index contributed by atoms with van der Waals surface area (Å²) in [6.07, 6.45) is 3.04. The molecule has 6 nitrogen and oxygen atoms in total. The SMILES string of the molecule is CS(=O)(=O)c1ccc(CNC(=O)CC2(C(=O)O)CCC2)cc1. The van der Waals surface area contributed by atoms with Gasteiger partial charge in [0.2, 0.25) is 5.91 Å². The fourth-order valence-electron chi connectivity index (χ4n) is 2.49. The van der Waals surface area contributed by atoms with Gasteiger partial charge in [-0.05, 0) is 30.5 Å². The van der Waals surface area contributed by atoms with Crippen molar-refractivity contribution in [1.29, 1.82) is 0 Å². The summed E-state index contributed by atoms with van der Waals surface area (Å²) in [4.78, 5) is 23.3. The number of amides is 1. The van der Waals surface area contributed by atoms with Gasteiger partial charge < -0.3 is 10.4 Å². The average molecular weight is 325 g/mol. The molecule has 0 heterocycles. The first-order valence-electron chi connectivity index (χ1n) is 7.02. The topological polar surface area (TPSA) is 101 Å². The standard InChI is InChI=1S/C15H19NO5S/c1-22(20,21)12-5-3-11(4-6-12)10-16-13(17)9-15(14(18)19)7-2-8-15/h3-6H,2,7-10H2,1H3,(H,16,17)(H,18,19). The van der Waals surface area contributed by atoms with Crippen molar-refractivity contribution in [2.24, 2.45) is 5.41 Å². The molecule has 0 aromatic heterocycles. The predicted octanol–water partition coefficient (Wildman–Crippen LogP) is 1.35. The molecule has 0 radical (unpaired) electrons. The maximum Gasteiger partial charge on any atom is 0.310 e. The van der Waals surface area contributed by atoms with Crippen molar-refractivity contribution < 1.29 is 23.1 Å². The van der Waals surface area contributed by atoms with Crippen LogP contribution in [0.3, 0.4) is 0 Å². The molecule has 0 aliphatic heterocycles. The van der Waals surface area contributed by atoms with E-state index in [2.05, 4.69) is 5.32 Å². The summed E-state index contributed by atoms with van der Waals surface area (Å²) in [5, 5.41) is 11.9. The second-order valence-corrected chi connectivity index (χ2v) is 7.82. The van der Waals surface area contributed by atoms with Crippen LogP contribution in [0, 0.1) is 5.41 Å². The number of carboxylic acid groups (broad SMARTS) is 1. The summed E-state index contributed by atoms with van der Waals surface area (Å²) in [7, 11) is -3.23. The maximum absolute atomic E-state index is 11.9. The molecule has 120 valence electrons. The Balaban J connectivity index is 1.90. The Morgan fingerprint density at radius 3 is 2.23 bits per heavy atom. The van der Waals surface area contributed by atoms with E-state index in [0.717, 1.165) is 18.2 Å². The molecule has 1 aliphatic rings. The largest absolute Gasteiger partial charge is 0.481 e. The first-order chi connectivity index (χ1) is 10.2. The second-order valence-electron chi connectivity index (χ2n) is 5.81. The van der Waals surface area contributed by atoms with E-state index in [1.165, 1.54) is 12.1 Å². The van der Waals surface area contributed by atoms with Crippen LogP contribution in [0.5, 0.6) is 0 Å². The van der Waals surface area contributed by atoms with E-state index >= 15 is 0 Å². The Bertz CT molecular complexity index is 674. The highest BCUT2D eigenvalue weighted by Crippen LogP contribution is 2.44. The molecule has 2 rings (SSSR count). The Morgan fingerprint density at radius 2 is 1.82 bits per heavy atom. The Hall–Kier alpha value is -1.89. The zero-order chi connectivity index (χ0) is 16.4. The van der Waals surface area contributed by atoms with Crippen LogP contribution in [0.1, 0.15) is 31.2 Å². The third-order valence-electron chi connectivity index (χ3n) is 4.10. The number of nitrogens with one attached hydrogen (secondary N) is 1. The van der Waals surface area contributed by atoms with Crippen LogP contribution in [0.4, 0.5) is 0 Å². The van der Waals surface area contributed by atoms with Crippen LogP contribution in [0.15, 0.2) is 29.2 Å². The highest BCUT2D eigenvalue weighted by Gasteiger charge is 2.45. The van der Waals surface area contributed by atoms with Crippen molar-refractivity contribution in [3.63, 3.8) is 0 Å². The Labute approximate surface area is 129 Å². The molecule has 0 unspecified atom stereocenters. The first-order valence-corrected chi connectivity index (χ1v) is 8.91. The molecule has 1 amide bonds. The lowest BCUT2D eigenvalue weighted by Gasteiger charge is -2.36. The van der Waals surface area contributed by atoms with Gasteiger partial charge in [-0.25, -0.2) is 8.42 Å². The highest BCUT2D eigenvalue weighted by atomic mass is 32.2. The fourth-order valence-corrected chi connectivity index (χ4v) is 3.13. The number of rotatable bonds is 6. The highest BCUT2D eigenvalue weighted by molar-refractivity contribution is 7.90. The van der Waals surface area contributed by atoms with Crippen LogP contribution in [-0.2, 0) is 26.0 Å². The molecule has 0 bridgehead atoms. The summed E-state index contributed by atoms with van der Waals surface area (Å²) in [5.74, 6) is -1.21. The third kappa shape index (κ3) is 3.65. The van der Waals surface area contributed by atoms with E-state index in [4.69, 9.17) is 0 Å².